The van der Waals surface area contributed by atoms with Crippen LogP contribution < -0.4 is 15.1 Å². The number of hydrogen-bond donors (Lipinski definition) is 1. The number of aryl methyl sites for hydroxylation is 2. The van der Waals surface area contributed by atoms with Crippen LogP contribution in [-0.2, 0) is 9.59 Å². The fourth-order valence-electron chi connectivity index (χ4n) is 8.18. The van der Waals surface area contributed by atoms with Crippen LogP contribution >= 0.6 is 0 Å². The van der Waals surface area contributed by atoms with Gasteiger partial charge in [-0.25, -0.2) is 9.97 Å². The Labute approximate surface area is 345 Å². The van der Waals surface area contributed by atoms with Crippen molar-refractivity contribution < 1.29 is 9.59 Å². The first-order valence-electron chi connectivity index (χ1n) is 20.5. The van der Waals surface area contributed by atoms with Crippen molar-refractivity contribution in [3.05, 3.63) is 132 Å². The van der Waals surface area contributed by atoms with Crippen LogP contribution in [0.4, 0.5) is 11.6 Å². The zero-order valence-electron chi connectivity index (χ0n) is 34.4. The van der Waals surface area contributed by atoms with E-state index in [1.54, 1.807) is 30.6 Å². The van der Waals surface area contributed by atoms with Gasteiger partial charge in [-0.15, -0.1) is 0 Å². The number of rotatable bonds is 8. The lowest BCUT2D eigenvalue weighted by molar-refractivity contribution is -0.121. The molecule has 3 aliphatic rings. The largest absolute Gasteiger partial charge is 0.354 e. The highest BCUT2D eigenvalue weighted by Crippen LogP contribution is 2.36. The quantitative estimate of drug-likeness (QED) is 0.194. The molecule has 13 heteroatoms. The van der Waals surface area contributed by atoms with E-state index in [1.165, 1.54) is 0 Å². The molecular weight excluding hydrogens is 739 g/mol. The second-order valence-corrected chi connectivity index (χ2v) is 15.8. The van der Waals surface area contributed by atoms with Gasteiger partial charge in [0.15, 0.2) is 5.78 Å². The maximum Gasteiger partial charge on any atom is 0.178 e. The molecule has 0 aliphatic carbocycles. The maximum atomic E-state index is 12.8. The first-order valence-corrected chi connectivity index (χ1v) is 20.5. The number of nitrogens with one attached hydrogen (secondary N) is 1. The fourth-order valence-corrected chi connectivity index (χ4v) is 8.18. The predicted molar refractivity (Wildman–Crippen MR) is 234 cm³/mol. The average Bonchev–Trinajstić information content (AvgIpc) is 3.82. The Kier molecular flexibility index (Phi) is 12.0. The highest BCUT2D eigenvalue weighted by atomic mass is 16.1. The molecule has 3 fully saturated rings. The van der Waals surface area contributed by atoms with Crippen molar-refractivity contribution in [2.45, 2.75) is 38.8 Å². The smallest absolute Gasteiger partial charge is 0.178 e. The minimum atomic E-state index is -0.118. The van der Waals surface area contributed by atoms with E-state index in [-0.39, 0.29) is 23.7 Å². The molecule has 59 heavy (non-hydrogen) atoms. The van der Waals surface area contributed by atoms with Gasteiger partial charge >= 0.3 is 0 Å². The van der Waals surface area contributed by atoms with Crippen LogP contribution in [0.25, 0.3) is 23.4 Å². The molecule has 13 nitrogen and oxygen atoms in total. The Morgan fingerprint density at radius 2 is 1.17 bits per heavy atom. The number of piperidine rings is 1. The molecule has 9 rings (SSSR count). The third-order valence-electron chi connectivity index (χ3n) is 11.5. The number of Topliss-reactive ketones (excluding diaryl/α,β-unsaturated/α-hetero) is 1. The number of pyridine rings is 4. The van der Waals surface area contributed by atoms with Gasteiger partial charge in [0, 0.05) is 90.0 Å². The van der Waals surface area contributed by atoms with Gasteiger partial charge in [-0.05, 0) is 99.8 Å². The number of nitrogens with zero attached hydrogens (tertiary/aromatic N) is 10. The van der Waals surface area contributed by atoms with Gasteiger partial charge < -0.3 is 19.6 Å². The molecule has 9 heterocycles. The van der Waals surface area contributed by atoms with Crippen LogP contribution in [0.15, 0.2) is 97.6 Å². The number of imidazole rings is 2. The molecule has 2 atom stereocenters. The lowest BCUT2D eigenvalue weighted by Crippen LogP contribution is -2.46. The minimum absolute atomic E-state index is 0.0809. The zero-order chi connectivity index (χ0) is 40.9. The second kappa shape index (κ2) is 17.9. The summed E-state index contributed by atoms with van der Waals surface area (Å²) >= 11 is 0. The first kappa shape index (κ1) is 39.8. The molecule has 0 amide bonds. The number of hydrogen-bond acceptors (Lipinski definition) is 11. The number of likely N-dealkylation sites (N-methyl/N-ethyl adjacent to an activating group) is 2. The normalized spacial score (nSPS) is 19.6. The van der Waals surface area contributed by atoms with Crippen LogP contribution in [0.2, 0.25) is 0 Å². The van der Waals surface area contributed by atoms with Crippen molar-refractivity contribution >= 4 is 46.6 Å². The minimum Gasteiger partial charge on any atom is -0.354 e. The van der Waals surface area contributed by atoms with E-state index in [2.05, 4.69) is 77.0 Å². The van der Waals surface area contributed by atoms with Gasteiger partial charge in [0.25, 0.3) is 0 Å². The summed E-state index contributed by atoms with van der Waals surface area (Å²) in [5.74, 6) is 2.33. The van der Waals surface area contributed by atoms with Gasteiger partial charge in [0.1, 0.15) is 40.1 Å². The Hall–Kier alpha value is -6.02. The summed E-state index contributed by atoms with van der Waals surface area (Å²) in [6.07, 6.45) is 15.3. The van der Waals surface area contributed by atoms with E-state index in [0.29, 0.717) is 12.8 Å². The van der Waals surface area contributed by atoms with Crippen LogP contribution in [-0.4, -0.2) is 117 Å². The molecule has 0 aromatic carbocycles. The molecule has 6 aromatic heterocycles. The maximum absolute atomic E-state index is 12.8. The number of anilines is 2. The van der Waals surface area contributed by atoms with Crippen LogP contribution in [0.5, 0.6) is 0 Å². The van der Waals surface area contributed by atoms with Gasteiger partial charge in [0.05, 0.1) is 23.5 Å². The monoisotopic (exact) mass is 791 g/mol. The molecule has 3 saturated heterocycles. The van der Waals surface area contributed by atoms with Crippen molar-refractivity contribution in [3.63, 3.8) is 0 Å². The van der Waals surface area contributed by atoms with E-state index < -0.39 is 0 Å². The molecule has 2 unspecified atom stereocenters. The lowest BCUT2D eigenvalue weighted by atomic mass is 9.92. The van der Waals surface area contributed by atoms with Crippen LogP contribution in [0.1, 0.15) is 58.8 Å². The van der Waals surface area contributed by atoms with Crippen LogP contribution in [0.3, 0.4) is 0 Å². The van der Waals surface area contributed by atoms with Gasteiger partial charge in [-0.2, -0.15) is 0 Å². The molecule has 0 spiro atoms. The van der Waals surface area contributed by atoms with Gasteiger partial charge in [0.2, 0.25) is 0 Å². The van der Waals surface area contributed by atoms with Crippen molar-refractivity contribution in [1.29, 1.82) is 0 Å². The van der Waals surface area contributed by atoms with E-state index >= 15 is 0 Å². The number of ketones is 2. The Morgan fingerprint density at radius 3 is 1.80 bits per heavy atom. The van der Waals surface area contributed by atoms with Crippen molar-refractivity contribution in [3.8, 4) is 0 Å². The van der Waals surface area contributed by atoms with Crippen LogP contribution in [0, 0.1) is 13.8 Å². The van der Waals surface area contributed by atoms with Gasteiger partial charge in [-0.3, -0.25) is 33.7 Å². The van der Waals surface area contributed by atoms with E-state index in [1.807, 2.05) is 73.8 Å². The topological polar surface area (TPSA) is 120 Å². The number of aromatic nitrogens is 6. The molecule has 304 valence electrons. The fraction of sp³-hybridized carbons (Fsp3) is 0.348. The zero-order valence-corrected chi connectivity index (χ0v) is 34.4. The third kappa shape index (κ3) is 9.02. The lowest BCUT2D eigenvalue weighted by Gasteiger charge is -2.36. The summed E-state index contributed by atoms with van der Waals surface area (Å²) in [5, 5.41) is 3.71. The summed E-state index contributed by atoms with van der Waals surface area (Å²) in [5.41, 5.74) is 7.51. The standard InChI is InChI=1S/C23H28N6O.C23H25N5O/c1-16-6-5-8-24-21(16)18-14-17(30)15-19(25-18)22-23(28-12-10-27(2)11-13-28)29-9-4-3-7-20(29)26-22;1-18-6-5-12-24-20(18)10-8-19(29)9-11-21-23(27-16-14-26(2)15-17-27)28-13-4-3-7-22(28)25-21/h3-9,18-19,25H,10-15H2,1-2H3;3-13H,14-17H2,1-2H3/b;10-8+,11-9+. The Balaban J connectivity index is 0.000000164. The predicted octanol–water partition coefficient (Wildman–Crippen LogP) is 5.61. The second-order valence-electron chi connectivity index (χ2n) is 15.8. The van der Waals surface area contributed by atoms with E-state index in [4.69, 9.17) is 9.97 Å². The third-order valence-corrected chi connectivity index (χ3v) is 11.5. The summed E-state index contributed by atoms with van der Waals surface area (Å²) in [7, 11) is 4.30. The number of carbonyl (C=O) groups excluding carboxylic acids is 2. The SMILES string of the molecule is Cc1cccnc1/C=C/C(=O)/C=C/c1nc2ccccn2c1N1CCN(C)CC1.Cc1cccnc1C1CC(=O)CC(c2nc3ccccn3c2N2CCN(C)CC2)N1. The number of fused-ring (bicyclic) bond motifs is 2. The molecule has 0 bridgehead atoms. The molecular formula is C46H53N11O2. The van der Waals surface area contributed by atoms with Crippen molar-refractivity contribution in [1.82, 2.24) is 43.9 Å². The molecule has 1 N–H and O–H groups in total. The highest BCUT2D eigenvalue weighted by Gasteiger charge is 2.35. The summed E-state index contributed by atoms with van der Waals surface area (Å²) < 4.78 is 4.27. The number of carbonyl (C=O) groups is 2. The molecule has 0 saturated carbocycles. The molecule has 0 radical (unpaired) electrons. The first-order chi connectivity index (χ1) is 28.7. The van der Waals surface area contributed by atoms with E-state index in [9.17, 15) is 9.59 Å². The van der Waals surface area contributed by atoms with Crippen molar-refractivity contribution in [2.24, 2.45) is 0 Å². The summed E-state index contributed by atoms with van der Waals surface area (Å²) in [6, 6.07) is 19.7. The number of allylic oxidation sites excluding steroid dienone is 2. The molecule has 3 aliphatic heterocycles. The summed E-state index contributed by atoms with van der Waals surface area (Å²) in [4.78, 5) is 53.2. The number of piperazine rings is 2. The average molecular weight is 792 g/mol. The van der Waals surface area contributed by atoms with Crippen molar-refractivity contribution in [2.75, 3.05) is 76.3 Å². The Bertz CT molecular complexity index is 2490. The summed E-state index contributed by atoms with van der Waals surface area (Å²) in [6.45, 7) is 11.9. The highest BCUT2D eigenvalue weighted by molar-refractivity contribution is 6.04. The Morgan fingerprint density at radius 1 is 0.627 bits per heavy atom. The molecule has 6 aromatic rings. The van der Waals surface area contributed by atoms with Gasteiger partial charge in [-0.1, -0.05) is 24.3 Å². The van der Waals surface area contributed by atoms with E-state index in [0.717, 1.165) is 109 Å².